The first kappa shape index (κ1) is 15.9. The lowest BCUT2D eigenvalue weighted by molar-refractivity contribution is -0.113. The van der Waals surface area contributed by atoms with E-state index in [4.69, 9.17) is 4.74 Å². The molecule has 0 fully saturated rings. The van der Waals surface area contributed by atoms with Crippen LogP contribution in [-0.2, 0) is 16.3 Å². The highest BCUT2D eigenvalue weighted by atomic mass is 32.2. The summed E-state index contributed by atoms with van der Waals surface area (Å²) in [5, 5.41) is 3.27. The van der Waals surface area contributed by atoms with Crippen molar-refractivity contribution in [1.29, 1.82) is 0 Å². The van der Waals surface area contributed by atoms with Crippen molar-refractivity contribution >= 4 is 35.1 Å². The Bertz CT molecular complexity index is 792. The minimum Gasteiger partial charge on any atom is -0.497 e. The van der Waals surface area contributed by atoms with Crippen molar-refractivity contribution in [3.05, 3.63) is 45.9 Å². The molecular formula is C15H15N3O3S2. The van der Waals surface area contributed by atoms with E-state index in [0.717, 1.165) is 17.0 Å². The van der Waals surface area contributed by atoms with Crippen molar-refractivity contribution in [1.82, 2.24) is 9.97 Å². The zero-order chi connectivity index (χ0) is 16.2. The summed E-state index contributed by atoms with van der Waals surface area (Å²) >= 11 is 2.89. The molecule has 2 N–H and O–H groups in total. The lowest BCUT2D eigenvalue weighted by Crippen LogP contribution is -2.17. The van der Waals surface area contributed by atoms with Crippen LogP contribution in [0.1, 0.15) is 11.3 Å². The molecule has 0 radical (unpaired) electrons. The number of thioether (sulfide) groups is 2. The molecule has 8 heteroatoms. The standard InChI is InChI=1S/C15H15N3O3S2/c1-21-10-4-2-3-9(5-10)16-13(19)8-23-15-17-12-7-22-6-11(12)14(20)18-15/h2-5H,6-8H2,1H3,(H,16,19)(H,17,18,20). The fourth-order valence-electron chi connectivity index (χ4n) is 2.14. The largest absolute Gasteiger partial charge is 0.497 e. The third kappa shape index (κ3) is 3.89. The van der Waals surface area contributed by atoms with Crippen molar-refractivity contribution in [3.8, 4) is 5.75 Å². The van der Waals surface area contributed by atoms with Gasteiger partial charge >= 0.3 is 0 Å². The second-order valence-electron chi connectivity index (χ2n) is 4.86. The summed E-state index contributed by atoms with van der Waals surface area (Å²) in [6.07, 6.45) is 0. The van der Waals surface area contributed by atoms with Crippen LogP contribution in [0.4, 0.5) is 5.69 Å². The fraction of sp³-hybridized carbons (Fsp3) is 0.267. The number of nitrogens with zero attached hydrogens (tertiary/aromatic N) is 1. The van der Waals surface area contributed by atoms with Gasteiger partial charge in [0.25, 0.3) is 5.56 Å². The Labute approximate surface area is 141 Å². The molecule has 23 heavy (non-hydrogen) atoms. The molecule has 0 spiro atoms. The molecule has 0 unspecified atom stereocenters. The molecule has 2 aromatic rings. The summed E-state index contributed by atoms with van der Waals surface area (Å²) in [7, 11) is 1.57. The van der Waals surface area contributed by atoms with E-state index < -0.39 is 0 Å². The Morgan fingerprint density at radius 1 is 1.48 bits per heavy atom. The first-order valence-corrected chi connectivity index (χ1v) is 9.06. The highest BCUT2D eigenvalue weighted by Crippen LogP contribution is 2.26. The molecule has 2 heterocycles. The van der Waals surface area contributed by atoms with E-state index in [1.165, 1.54) is 11.8 Å². The number of nitrogens with one attached hydrogen (secondary N) is 2. The second kappa shape index (κ2) is 7.10. The van der Waals surface area contributed by atoms with Gasteiger partial charge in [0.1, 0.15) is 5.75 Å². The van der Waals surface area contributed by atoms with Crippen molar-refractivity contribution < 1.29 is 9.53 Å². The van der Waals surface area contributed by atoms with Crippen LogP contribution in [-0.4, -0.2) is 28.7 Å². The Morgan fingerprint density at radius 2 is 2.35 bits per heavy atom. The van der Waals surface area contributed by atoms with E-state index >= 15 is 0 Å². The zero-order valence-corrected chi connectivity index (χ0v) is 14.1. The van der Waals surface area contributed by atoms with E-state index in [9.17, 15) is 9.59 Å². The highest BCUT2D eigenvalue weighted by Gasteiger charge is 2.18. The van der Waals surface area contributed by atoms with Gasteiger partial charge in [0, 0.05) is 28.8 Å². The van der Waals surface area contributed by atoms with Crippen LogP contribution in [0.3, 0.4) is 0 Å². The number of H-pyrrole nitrogens is 1. The van der Waals surface area contributed by atoms with Gasteiger partial charge in [-0.2, -0.15) is 11.8 Å². The monoisotopic (exact) mass is 349 g/mol. The van der Waals surface area contributed by atoms with Crippen LogP contribution in [0.2, 0.25) is 0 Å². The van der Waals surface area contributed by atoms with E-state index in [-0.39, 0.29) is 17.2 Å². The summed E-state index contributed by atoms with van der Waals surface area (Å²) in [4.78, 5) is 31.0. The number of hydrogen-bond donors (Lipinski definition) is 2. The average molecular weight is 349 g/mol. The first-order chi connectivity index (χ1) is 11.2. The summed E-state index contributed by atoms with van der Waals surface area (Å²) in [6, 6.07) is 7.15. The third-order valence-electron chi connectivity index (χ3n) is 3.26. The van der Waals surface area contributed by atoms with Gasteiger partial charge in [-0.25, -0.2) is 4.98 Å². The molecule has 1 amide bonds. The number of fused-ring (bicyclic) bond motifs is 1. The number of anilines is 1. The molecule has 0 aliphatic carbocycles. The van der Waals surface area contributed by atoms with Gasteiger partial charge in [0.15, 0.2) is 5.16 Å². The van der Waals surface area contributed by atoms with Gasteiger partial charge in [-0.05, 0) is 12.1 Å². The molecule has 1 aliphatic heterocycles. The van der Waals surface area contributed by atoms with Gasteiger partial charge in [-0.15, -0.1) is 0 Å². The Kier molecular flexibility index (Phi) is 4.92. The molecule has 1 aromatic heterocycles. The molecule has 0 saturated carbocycles. The molecular weight excluding hydrogens is 334 g/mol. The van der Waals surface area contributed by atoms with Crippen LogP contribution >= 0.6 is 23.5 Å². The molecule has 0 bridgehead atoms. The topological polar surface area (TPSA) is 84.1 Å². The van der Waals surface area contributed by atoms with Crippen LogP contribution < -0.4 is 15.6 Å². The van der Waals surface area contributed by atoms with Crippen LogP contribution in [0.5, 0.6) is 5.75 Å². The van der Waals surface area contributed by atoms with Gasteiger partial charge in [0.05, 0.1) is 18.6 Å². The number of hydrogen-bond acceptors (Lipinski definition) is 6. The lowest BCUT2D eigenvalue weighted by atomic mass is 10.3. The summed E-state index contributed by atoms with van der Waals surface area (Å²) < 4.78 is 5.11. The molecule has 1 aromatic carbocycles. The molecule has 0 atom stereocenters. The van der Waals surface area contributed by atoms with Gasteiger partial charge in [-0.1, -0.05) is 17.8 Å². The lowest BCUT2D eigenvalue weighted by Gasteiger charge is -2.07. The quantitative estimate of drug-likeness (QED) is 0.636. The van der Waals surface area contributed by atoms with Crippen molar-refractivity contribution in [2.75, 3.05) is 18.2 Å². The van der Waals surface area contributed by atoms with Gasteiger partial charge < -0.3 is 15.0 Å². The third-order valence-corrected chi connectivity index (χ3v) is 5.10. The van der Waals surface area contributed by atoms with E-state index in [0.29, 0.717) is 22.3 Å². The summed E-state index contributed by atoms with van der Waals surface area (Å²) in [5.74, 6) is 2.15. The van der Waals surface area contributed by atoms with E-state index in [1.54, 1.807) is 37.1 Å². The maximum Gasteiger partial charge on any atom is 0.255 e. The number of rotatable bonds is 5. The van der Waals surface area contributed by atoms with E-state index in [1.807, 2.05) is 6.07 Å². The number of carbonyl (C=O) groups excluding carboxylic acids is 1. The molecule has 3 rings (SSSR count). The highest BCUT2D eigenvalue weighted by molar-refractivity contribution is 7.99. The predicted molar refractivity (Wildman–Crippen MR) is 92.2 cm³/mol. The Balaban J connectivity index is 1.61. The molecule has 0 saturated heterocycles. The average Bonchev–Trinajstić information content (AvgIpc) is 3.02. The number of methoxy groups -OCH3 is 1. The van der Waals surface area contributed by atoms with Crippen molar-refractivity contribution in [2.45, 2.75) is 16.7 Å². The Hall–Kier alpha value is -1.93. The smallest absolute Gasteiger partial charge is 0.255 e. The maximum absolute atomic E-state index is 12.0. The number of ether oxygens (including phenoxy) is 1. The maximum atomic E-state index is 12.0. The number of amides is 1. The number of aromatic nitrogens is 2. The number of benzene rings is 1. The summed E-state index contributed by atoms with van der Waals surface area (Å²) in [6.45, 7) is 0. The first-order valence-electron chi connectivity index (χ1n) is 6.92. The minimum atomic E-state index is -0.166. The zero-order valence-electron chi connectivity index (χ0n) is 12.4. The predicted octanol–water partition coefficient (Wildman–Crippen LogP) is 2.26. The second-order valence-corrected chi connectivity index (χ2v) is 6.81. The molecule has 120 valence electrons. The van der Waals surface area contributed by atoms with Gasteiger partial charge in [0.2, 0.25) is 5.91 Å². The Morgan fingerprint density at radius 3 is 3.17 bits per heavy atom. The minimum absolute atomic E-state index is 0.101. The van der Waals surface area contributed by atoms with Crippen LogP contribution in [0.15, 0.2) is 34.2 Å². The van der Waals surface area contributed by atoms with Crippen molar-refractivity contribution in [3.63, 3.8) is 0 Å². The summed E-state index contributed by atoms with van der Waals surface area (Å²) in [5.41, 5.74) is 2.15. The van der Waals surface area contributed by atoms with E-state index in [2.05, 4.69) is 15.3 Å². The van der Waals surface area contributed by atoms with Crippen molar-refractivity contribution in [2.24, 2.45) is 0 Å². The number of carbonyl (C=O) groups is 1. The normalized spacial score (nSPS) is 12.7. The number of aromatic amines is 1. The van der Waals surface area contributed by atoms with Crippen LogP contribution in [0.25, 0.3) is 0 Å². The molecule has 1 aliphatic rings. The molecule has 6 nitrogen and oxygen atoms in total. The SMILES string of the molecule is COc1cccc(NC(=O)CSc2nc3c(c(=O)[nH]2)CSC3)c1. The fourth-order valence-corrected chi connectivity index (χ4v) is 3.86. The van der Waals surface area contributed by atoms with Crippen LogP contribution in [0, 0.1) is 0 Å². The van der Waals surface area contributed by atoms with Gasteiger partial charge in [-0.3, -0.25) is 9.59 Å².